The topological polar surface area (TPSA) is 33.4 Å². The first-order valence-corrected chi connectivity index (χ1v) is 5.24. The molecule has 2 nitrogen and oxygen atoms in total. The third-order valence-corrected chi connectivity index (χ3v) is 2.75. The van der Waals surface area contributed by atoms with Crippen molar-refractivity contribution in [3.63, 3.8) is 0 Å². The van der Waals surface area contributed by atoms with Gasteiger partial charge in [0.1, 0.15) is 11.2 Å². The van der Waals surface area contributed by atoms with Gasteiger partial charge in [-0.05, 0) is 17.7 Å². The molecule has 0 saturated carbocycles. The highest BCUT2D eigenvalue weighted by molar-refractivity contribution is 6.07. The Kier molecular flexibility index (Phi) is 2.15. The molecule has 0 spiro atoms. The number of hydrogen-bond donors (Lipinski definition) is 1. The fourth-order valence-corrected chi connectivity index (χ4v) is 2.07. The molecule has 0 amide bonds. The van der Waals surface area contributed by atoms with Gasteiger partial charge in [-0.25, -0.2) is 0 Å². The molecule has 0 aliphatic carbocycles. The van der Waals surface area contributed by atoms with E-state index < -0.39 is 0 Å². The van der Waals surface area contributed by atoms with E-state index in [1.165, 1.54) is 0 Å². The quantitative estimate of drug-likeness (QED) is 0.706. The van der Waals surface area contributed by atoms with Gasteiger partial charge in [0, 0.05) is 17.2 Å². The lowest BCUT2D eigenvalue weighted by Gasteiger charge is -1.99. The van der Waals surface area contributed by atoms with Crippen molar-refractivity contribution >= 4 is 21.9 Å². The van der Waals surface area contributed by atoms with Crippen LogP contribution in [0.2, 0.25) is 0 Å². The third-order valence-electron chi connectivity index (χ3n) is 2.75. The zero-order valence-electron chi connectivity index (χ0n) is 8.68. The van der Waals surface area contributed by atoms with Gasteiger partial charge in [0.15, 0.2) is 0 Å². The molecule has 1 radical (unpaired) electrons. The average Bonchev–Trinajstić information content (AvgIpc) is 2.68. The summed E-state index contributed by atoms with van der Waals surface area (Å²) in [5.74, 6) is 0. The Morgan fingerprint density at radius 3 is 2.69 bits per heavy atom. The number of hydrogen-bond acceptors (Lipinski definition) is 2. The summed E-state index contributed by atoms with van der Waals surface area (Å²) in [7, 11) is 0. The van der Waals surface area contributed by atoms with Gasteiger partial charge in [0.05, 0.1) is 6.61 Å². The van der Waals surface area contributed by atoms with Gasteiger partial charge < -0.3 is 9.52 Å². The van der Waals surface area contributed by atoms with Crippen LogP contribution in [0, 0.1) is 6.42 Å². The molecule has 0 aliphatic rings. The molecule has 0 bridgehead atoms. The highest BCUT2D eigenvalue weighted by Crippen LogP contribution is 2.31. The monoisotopic (exact) mass is 211 g/mol. The number of aliphatic hydroxyl groups excluding tert-OH is 1. The summed E-state index contributed by atoms with van der Waals surface area (Å²) in [6.45, 7) is 0.0403. The third kappa shape index (κ3) is 1.31. The summed E-state index contributed by atoms with van der Waals surface area (Å²) in [6, 6.07) is 13.8. The van der Waals surface area contributed by atoms with Crippen molar-refractivity contribution in [3.8, 4) is 0 Å². The maximum absolute atomic E-state index is 9.00. The van der Waals surface area contributed by atoms with Gasteiger partial charge in [-0.3, -0.25) is 0 Å². The number of furan rings is 1. The molecule has 0 fully saturated rings. The highest BCUT2D eigenvalue weighted by Gasteiger charge is 2.09. The van der Waals surface area contributed by atoms with E-state index in [-0.39, 0.29) is 6.61 Å². The van der Waals surface area contributed by atoms with E-state index in [1.807, 2.05) is 42.5 Å². The van der Waals surface area contributed by atoms with Crippen LogP contribution in [0.3, 0.4) is 0 Å². The van der Waals surface area contributed by atoms with Crippen molar-refractivity contribution in [2.75, 3.05) is 6.61 Å². The minimum atomic E-state index is 0.0403. The van der Waals surface area contributed by atoms with Crippen LogP contribution in [0.1, 0.15) is 5.56 Å². The lowest BCUT2D eigenvalue weighted by Crippen LogP contribution is -1.87. The Hall–Kier alpha value is -1.80. The van der Waals surface area contributed by atoms with Crippen LogP contribution in [0.25, 0.3) is 21.9 Å². The van der Waals surface area contributed by atoms with Crippen LogP contribution in [-0.2, 0) is 0 Å². The summed E-state index contributed by atoms with van der Waals surface area (Å²) < 4.78 is 5.74. The van der Waals surface area contributed by atoms with Crippen molar-refractivity contribution in [2.45, 2.75) is 0 Å². The van der Waals surface area contributed by atoms with Gasteiger partial charge in [-0.15, -0.1) is 0 Å². The summed E-state index contributed by atoms with van der Waals surface area (Å²) in [4.78, 5) is 0. The van der Waals surface area contributed by atoms with E-state index in [2.05, 4.69) is 0 Å². The fourth-order valence-electron chi connectivity index (χ4n) is 2.07. The van der Waals surface area contributed by atoms with E-state index >= 15 is 0 Å². The second kappa shape index (κ2) is 3.65. The second-order valence-electron chi connectivity index (χ2n) is 3.71. The number of para-hydroxylation sites is 1. The molecule has 0 aliphatic heterocycles. The predicted molar refractivity (Wildman–Crippen MR) is 64.2 cm³/mol. The smallest absolute Gasteiger partial charge is 0.135 e. The summed E-state index contributed by atoms with van der Waals surface area (Å²) >= 11 is 0. The molecule has 0 atom stereocenters. The van der Waals surface area contributed by atoms with Gasteiger partial charge in [0.25, 0.3) is 0 Å². The number of rotatable bonds is 2. The van der Waals surface area contributed by atoms with Gasteiger partial charge in [0.2, 0.25) is 0 Å². The van der Waals surface area contributed by atoms with E-state index in [1.54, 1.807) is 6.42 Å². The molecule has 3 aromatic rings. The van der Waals surface area contributed by atoms with E-state index in [0.717, 1.165) is 27.5 Å². The predicted octanol–water partition coefficient (Wildman–Crippen LogP) is 3.13. The molecule has 79 valence electrons. The van der Waals surface area contributed by atoms with Crippen LogP contribution in [-0.4, -0.2) is 11.7 Å². The van der Waals surface area contributed by atoms with Crippen molar-refractivity contribution in [1.29, 1.82) is 0 Å². The normalized spacial score (nSPS) is 11.3. The molecule has 0 saturated heterocycles. The maximum Gasteiger partial charge on any atom is 0.135 e. The summed E-state index contributed by atoms with van der Waals surface area (Å²) in [5.41, 5.74) is 2.77. The summed E-state index contributed by atoms with van der Waals surface area (Å²) in [6.07, 6.45) is 1.80. The molecular formula is C14H11O2. The van der Waals surface area contributed by atoms with Gasteiger partial charge in [-0.2, -0.15) is 0 Å². The minimum Gasteiger partial charge on any atom is -0.456 e. The Bertz CT molecular complexity index is 637. The molecule has 2 aromatic carbocycles. The summed E-state index contributed by atoms with van der Waals surface area (Å²) in [5, 5.41) is 11.2. The van der Waals surface area contributed by atoms with E-state index in [0.29, 0.717) is 0 Å². The Morgan fingerprint density at radius 2 is 1.81 bits per heavy atom. The van der Waals surface area contributed by atoms with Crippen LogP contribution in [0.4, 0.5) is 0 Å². The lowest BCUT2D eigenvalue weighted by atomic mass is 10.0. The Labute approximate surface area is 93.1 Å². The largest absolute Gasteiger partial charge is 0.456 e. The molecular weight excluding hydrogens is 200 g/mol. The number of aliphatic hydroxyl groups is 1. The molecule has 1 aromatic heterocycles. The zero-order valence-corrected chi connectivity index (χ0v) is 8.68. The number of benzene rings is 2. The van der Waals surface area contributed by atoms with E-state index in [9.17, 15) is 0 Å². The first-order chi connectivity index (χ1) is 7.90. The second-order valence-corrected chi connectivity index (χ2v) is 3.71. The van der Waals surface area contributed by atoms with E-state index in [4.69, 9.17) is 9.52 Å². The Morgan fingerprint density at radius 1 is 1.00 bits per heavy atom. The SMILES string of the molecule is OC[CH]c1cccc2oc3ccccc3c12. The van der Waals surface area contributed by atoms with Crippen LogP contribution >= 0.6 is 0 Å². The van der Waals surface area contributed by atoms with Crippen molar-refractivity contribution < 1.29 is 9.52 Å². The average molecular weight is 211 g/mol. The van der Waals surface area contributed by atoms with Crippen LogP contribution < -0.4 is 0 Å². The molecule has 3 rings (SSSR count). The van der Waals surface area contributed by atoms with Crippen molar-refractivity contribution in [1.82, 2.24) is 0 Å². The molecule has 1 N–H and O–H groups in total. The molecule has 16 heavy (non-hydrogen) atoms. The molecule has 0 unspecified atom stereocenters. The highest BCUT2D eigenvalue weighted by atomic mass is 16.3. The maximum atomic E-state index is 9.00. The van der Waals surface area contributed by atoms with Crippen molar-refractivity contribution in [2.24, 2.45) is 0 Å². The molecule has 1 heterocycles. The fraction of sp³-hybridized carbons (Fsp3) is 0.0714. The van der Waals surface area contributed by atoms with Gasteiger partial charge in [-0.1, -0.05) is 30.3 Å². The van der Waals surface area contributed by atoms with Crippen LogP contribution in [0.15, 0.2) is 46.9 Å². The van der Waals surface area contributed by atoms with Crippen molar-refractivity contribution in [3.05, 3.63) is 54.4 Å². The van der Waals surface area contributed by atoms with Crippen LogP contribution in [0.5, 0.6) is 0 Å². The zero-order chi connectivity index (χ0) is 11.0. The standard InChI is InChI=1S/C14H11O2/c15-9-8-10-4-3-7-13-14(10)11-5-1-2-6-12(11)16-13/h1-8,15H,9H2. The first-order valence-electron chi connectivity index (χ1n) is 5.24. The minimum absolute atomic E-state index is 0.0403. The Balaban J connectivity index is 2.43. The first kappa shape index (κ1) is 9.43. The lowest BCUT2D eigenvalue weighted by molar-refractivity contribution is 0.331. The van der Waals surface area contributed by atoms with Gasteiger partial charge >= 0.3 is 0 Å². The molecule has 2 heteroatoms. The number of fused-ring (bicyclic) bond motifs is 3.